The molecule has 0 radical (unpaired) electrons. The number of nitrogens with one attached hydrogen (secondary N) is 2. The van der Waals surface area contributed by atoms with E-state index >= 15 is 0 Å². The molecule has 0 spiro atoms. The average molecular weight is 428 g/mol. The fourth-order valence-electron chi connectivity index (χ4n) is 3.40. The third-order valence-electron chi connectivity index (χ3n) is 4.98. The molecule has 1 saturated heterocycles. The van der Waals surface area contributed by atoms with Crippen LogP contribution in [0.15, 0.2) is 47.5 Å². The minimum Gasteiger partial charge on any atom is -0.354 e. The maximum Gasteiger partial charge on any atom is 0.511 e. The average Bonchev–Trinajstić information content (AvgIpc) is 2.70. The minimum atomic E-state index is -5.26. The van der Waals surface area contributed by atoms with Gasteiger partial charge in [0.1, 0.15) is 0 Å². The van der Waals surface area contributed by atoms with E-state index in [1.165, 1.54) is 0 Å². The molecular formula is C19H23F3N4O2S. The van der Waals surface area contributed by atoms with Gasteiger partial charge in [-0.05, 0) is 29.2 Å². The van der Waals surface area contributed by atoms with Gasteiger partial charge in [0.25, 0.3) is 0 Å². The summed E-state index contributed by atoms with van der Waals surface area (Å²) < 4.78 is 61.5. The molecule has 1 fully saturated rings. The number of hydrogen-bond acceptors (Lipinski definition) is 3. The third-order valence-corrected chi connectivity index (χ3v) is 6.61. The number of guanidine groups is 1. The number of piperidine rings is 1. The van der Waals surface area contributed by atoms with Crippen molar-refractivity contribution in [3.63, 3.8) is 0 Å². The number of fused-ring (bicyclic) bond motifs is 1. The number of sulfonamides is 1. The fraction of sp³-hybridized carbons (Fsp3) is 0.421. The first-order chi connectivity index (χ1) is 13.7. The van der Waals surface area contributed by atoms with Crippen molar-refractivity contribution in [1.82, 2.24) is 14.9 Å². The van der Waals surface area contributed by atoms with Crippen molar-refractivity contribution < 1.29 is 21.6 Å². The standard InChI is InChI=1S/C19H23F3N4O2S/c1-23-18(24-13-15-7-4-6-14-5-2-3-8-17(14)15)25-16-9-11-26(12-10-16)29(27,28)19(20,21)22/h2-8,16H,9-13H2,1H3,(H2,23,24,25). The molecule has 0 saturated carbocycles. The zero-order valence-corrected chi connectivity index (χ0v) is 16.7. The number of nitrogens with zero attached hydrogens (tertiary/aromatic N) is 2. The summed E-state index contributed by atoms with van der Waals surface area (Å²) in [5.41, 5.74) is -4.17. The fourth-order valence-corrected chi connectivity index (χ4v) is 4.38. The van der Waals surface area contributed by atoms with Gasteiger partial charge in [-0.25, -0.2) is 8.42 Å². The Morgan fingerprint density at radius 2 is 1.79 bits per heavy atom. The molecule has 0 atom stereocenters. The number of rotatable bonds is 4. The van der Waals surface area contributed by atoms with Crippen molar-refractivity contribution in [2.75, 3.05) is 20.1 Å². The van der Waals surface area contributed by atoms with E-state index in [0.29, 0.717) is 16.8 Å². The van der Waals surface area contributed by atoms with Gasteiger partial charge in [-0.1, -0.05) is 42.5 Å². The van der Waals surface area contributed by atoms with Gasteiger partial charge >= 0.3 is 15.5 Å². The van der Waals surface area contributed by atoms with Crippen molar-refractivity contribution in [2.45, 2.75) is 30.9 Å². The molecule has 10 heteroatoms. The van der Waals surface area contributed by atoms with Crippen LogP contribution in [0.2, 0.25) is 0 Å². The molecule has 3 rings (SSSR count). The number of hydrogen-bond donors (Lipinski definition) is 2. The van der Waals surface area contributed by atoms with Crippen LogP contribution in [-0.4, -0.2) is 50.4 Å². The van der Waals surface area contributed by atoms with Crippen LogP contribution in [0.4, 0.5) is 13.2 Å². The van der Waals surface area contributed by atoms with Crippen molar-refractivity contribution in [3.05, 3.63) is 48.0 Å². The summed E-state index contributed by atoms with van der Waals surface area (Å²) in [6.45, 7) is 0.169. The molecule has 158 valence electrons. The van der Waals surface area contributed by atoms with Gasteiger partial charge in [0.2, 0.25) is 0 Å². The molecule has 0 aromatic heterocycles. The molecule has 0 aliphatic carbocycles. The molecule has 2 aromatic rings. The molecule has 2 aromatic carbocycles. The largest absolute Gasteiger partial charge is 0.511 e. The zero-order valence-electron chi connectivity index (χ0n) is 15.9. The van der Waals surface area contributed by atoms with E-state index in [-0.39, 0.29) is 32.0 Å². The Morgan fingerprint density at radius 1 is 1.14 bits per heavy atom. The van der Waals surface area contributed by atoms with Crippen molar-refractivity contribution in [3.8, 4) is 0 Å². The Bertz CT molecular complexity index is 979. The molecule has 1 aliphatic heterocycles. The summed E-state index contributed by atoms with van der Waals surface area (Å²) in [7, 11) is -3.65. The van der Waals surface area contributed by atoms with Gasteiger partial charge in [0, 0.05) is 32.7 Å². The Balaban J connectivity index is 1.56. The lowest BCUT2D eigenvalue weighted by Crippen LogP contribution is -2.51. The lowest BCUT2D eigenvalue weighted by atomic mass is 10.0. The summed E-state index contributed by atoms with van der Waals surface area (Å²) in [4.78, 5) is 4.17. The predicted octanol–water partition coefficient (Wildman–Crippen LogP) is 2.82. The summed E-state index contributed by atoms with van der Waals surface area (Å²) in [6.07, 6.45) is 0.536. The van der Waals surface area contributed by atoms with E-state index in [9.17, 15) is 21.6 Å². The van der Waals surface area contributed by atoms with E-state index < -0.39 is 15.5 Å². The Hall–Kier alpha value is -2.33. The highest BCUT2D eigenvalue weighted by Gasteiger charge is 2.50. The molecule has 29 heavy (non-hydrogen) atoms. The highest BCUT2D eigenvalue weighted by Crippen LogP contribution is 2.29. The predicted molar refractivity (Wildman–Crippen MR) is 107 cm³/mol. The van der Waals surface area contributed by atoms with Crippen LogP contribution >= 0.6 is 0 Å². The van der Waals surface area contributed by atoms with E-state index in [1.807, 2.05) is 42.5 Å². The van der Waals surface area contributed by atoms with Crippen LogP contribution < -0.4 is 10.6 Å². The van der Waals surface area contributed by atoms with Crippen LogP contribution in [0.25, 0.3) is 10.8 Å². The molecule has 0 unspecified atom stereocenters. The van der Waals surface area contributed by atoms with E-state index in [0.717, 1.165) is 16.3 Å². The van der Waals surface area contributed by atoms with Crippen LogP contribution in [0.5, 0.6) is 0 Å². The third kappa shape index (κ3) is 4.81. The lowest BCUT2D eigenvalue weighted by Gasteiger charge is -2.32. The molecule has 0 amide bonds. The second kappa shape index (κ2) is 8.58. The Labute approximate surface area is 167 Å². The Morgan fingerprint density at radius 3 is 2.45 bits per heavy atom. The molecule has 1 heterocycles. The molecule has 2 N–H and O–H groups in total. The van der Waals surface area contributed by atoms with Gasteiger partial charge in [-0.3, -0.25) is 4.99 Å². The van der Waals surface area contributed by atoms with Crippen LogP contribution in [0, 0.1) is 0 Å². The first-order valence-electron chi connectivity index (χ1n) is 9.22. The summed E-state index contributed by atoms with van der Waals surface area (Å²) in [5.74, 6) is 0.523. The van der Waals surface area contributed by atoms with Gasteiger partial charge in [-0.15, -0.1) is 0 Å². The highest BCUT2D eigenvalue weighted by molar-refractivity contribution is 7.90. The summed E-state index contributed by atoms with van der Waals surface area (Å²) in [5, 5.41) is 8.65. The van der Waals surface area contributed by atoms with Gasteiger partial charge in [-0.2, -0.15) is 17.5 Å². The maximum atomic E-state index is 12.7. The highest BCUT2D eigenvalue weighted by atomic mass is 32.2. The number of alkyl halides is 3. The smallest absolute Gasteiger partial charge is 0.354 e. The van der Waals surface area contributed by atoms with Gasteiger partial charge < -0.3 is 10.6 Å². The van der Waals surface area contributed by atoms with Gasteiger partial charge in [0.05, 0.1) is 0 Å². The summed E-state index contributed by atoms with van der Waals surface area (Å²) in [6, 6.07) is 13.9. The summed E-state index contributed by atoms with van der Waals surface area (Å²) >= 11 is 0. The van der Waals surface area contributed by atoms with E-state index in [1.54, 1.807) is 7.05 Å². The Kier molecular flexibility index (Phi) is 6.33. The van der Waals surface area contributed by atoms with Crippen LogP contribution in [0.3, 0.4) is 0 Å². The van der Waals surface area contributed by atoms with Crippen LogP contribution in [0.1, 0.15) is 18.4 Å². The van der Waals surface area contributed by atoms with Crippen molar-refractivity contribution in [1.29, 1.82) is 0 Å². The normalized spacial score (nSPS) is 17.4. The topological polar surface area (TPSA) is 73.8 Å². The van der Waals surface area contributed by atoms with Crippen LogP contribution in [-0.2, 0) is 16.6 Å². The number of aliphatic imine (C=N–C) groups is 1. The zero-order chi connectivity index (χ0) is 21.1. The first kappa shape index (κ1) is 21.4. The molecule has 0 bridgehead atoms. The van der Waals surface area contributed by atoms with E-state index in [2.05, 4.69) is 15.6 Å². The quantitative estimate of drug-likeness (QED) is 0.580. The second-order valence-electron chi connectivity index (χ2n) is 6.83. The second-order valence-corrected chi connectivity index (χ2v) is 8.76. The van der Waals surface area contributed by atoms with Gasteiger partial charge in [0.15, 0.2) is 5.96 Å². The molecule has 6 nitrogen and oxygen atoms in total. The number of benzene rings is 2. The lowest BCUT2D eigenvalue weighted by molar-refractivity contribution is -0.0494. The number of halogens is 3. The molecular weight excluding hydrogens is 405 g/mol. The van der Waals surface area contributed by atoms with Crippen molar-refractivity contribution >= 4 is 26.8 Å². The monoisotopic (exact) mass is 428 g/mol. The minimum absolute atomic E-state index is 0.159. The van der Waals surface area contributed by atoms with E-state index in [4.69, 9.17) is 0 Å². The SMILES string of the molecule is CN=C(NCc1cccc2ccccc12)NC1CCN(S(=O)(=O)C(F)(F)F)CC1. The maximum absolute atomic E-state index is 12.7. The first-order valence-corrected chi connectivity index (χ1v) is 10.7. The van der Waals surface area contributed by atoms with Crippen molar-refractivity contribution in [2.24, 2.45) is 4.99 Å². The molecule has 1 aliphatic rings.